The molecule has 0 unspecified atom stereocenters. The van der Waals surface area contributed by atoms with Crippen LogP contribution in [-0.4, -0.2) is 4.57 Å². The van der Waals surface area contributed by atoms with E-state index in [0.29, 0.717) is 6.04 Å². The van der Waals surface area contributed by atoms with Crippen LogP contribution >= 0.6 is 11.3 Å². The van der Waals surface area contributed by atoms with Gasteiger partial charge in [-0.15, -0.1) is 11.3 Å². The van der Waals surface area contributed by atoms with E-state index in [0.717, 1.165) is 21.7 Å². The summed E-state index contributed by atoms with van der Waals surface area (Å²) in [7, 11) is 0. The maximum absolute atomic E-state index is 13.2. The molecule has 2 nitrogen and oxygen atoms in total. The summed E-state index contributed by atoms with van der Waals surface area (Å²) in [6.07, 6.45) is 2.37. The Labute approximate surface area is 144 Å². The van der Waals surface area contributed by atoms with Crippen LogP contribution in [0, 0.1) is 19.7 Å². The summed E-state index contributed by atoms with van der Waals surface area (Å²) < 4.78 is 15.5. The fourth-order valence-electron chi connectivity index (χ4n) is 3.04. The highest BCUT2D eigenvalue weighted by atomic mass is 32.1. The molecule has 0 aliphatic heterocycles. The molecule has 4 heteroatoms. The van der Waals surface area contributed by atoms with E-state index in [-0.39, 0.29) is 5.82 Å². The van der Waals surface area contributed by atoms with E-state index < -0.39 is 0 Å². The minimum atomic E-state index is -0.202. The van der Waals surface area contributed by atoms with Crippen LogP contribution in [-0.2, 0) is 0 Å². The van der Waals surface area contributed by atoms with Gasteiger partial charge >= 0.3 is 0 Å². The van der Waals surface area contributed by atoms with Crippen molar-refractivity contribution < 1.29 is 4.39 Å². The summed E-state index contributed by atoms with van der Waals surface area (Å²) in [5.74, 6) is -0.202. The Morgan fingerprint density at radius 2 is 1.71 bits per heavy atom. The third-order valence-corrected chi connectivity index (χ3v) is 5.06. The highest BCUT2D eigenvalue weighted by Gasteiger charge is 2.27. The molecule has 1 aliphatic rings. The van der Waals surface area contributed by atoms with Gasteiger partial charge in [0.1, 0.15) is 5.82 Å². The van der Waals surface area contributed by atoms with Crippen LogP contribution in [0.1, 0.15) is 30.0 Å². The number of aromatic nitrogens is 1. The Morgan fingerprint density at radius 3 is 2.33 bits per heavy atom. The summed E-state index contributed by atoms with van der Waals surface area (Å²) in [5, 5.41) is 2.13. The average Bonchev–Trinajstić information content (AvgIpc) is 3.28. The van der Waals surface area contributed by atoms with Crippen molar-refractivity contribution in [3.63, 3.8) is 0 Å². The van der Waals surface area contributed by atoms with Gasteiger partial charge in [-0.05, 0) is 79.8 Å². The molecule has 1 aliphatic carbocycles. The van der Waals surface area contributed by atoms with Crippen LogP contribution in [0.3, 0.4) is 0 Å². The molecule has 0 atom stereocenters. The number of hydrogen-bond donors (Lipinski definition) is 0. The van der Waals surface area contributed by atoms with Gasteiger partial charge in [0.05, 0.1) is 11.4 Å². The highest BCUT2D eigenvalue weighted by Crippen LogP contribution is 2.38. The molecular weight excluding hydrogens is 319 g/mol. The Kier molecular flexibility index (Phi) is 3.85. The van der Waals surface area contributed by atoms with Crippen LogP contribution in [0.5, 0.6) is 0 Å². The van der Waals surface area contributed by atoms with E-state index in [1.54, 1.807) is 11.3 Å². The molecule has 0 spiro atoms. The molecule has 3 aromatic rings. The van der Waals surface area contributed by atoms with Crippen LogP contribution in [0.25, 0.3) is 11.3 Å². The largest absolute Gasteiger partial charge is 0.313 e. The zero-order chi connectivity index (χ0) is 16.7. The monoisotopic (exact) mass is 338 g/mol. The van der Waals surface area contributed by atoms with Gasteiger partial charge in [-0.1, -0.05) is 6.07 Å². The first-order chi connectivity index (χ1) is 11.6. The van der Waals surface area contributed by atoms with E-state index in [1.807, 2.05) is 12.1 Å². The van der Waals surface area contributed by atoms with Crippen LogP contribution in [0.15, 0.2) is 52.8 Å². The van der Waals surface area contributed by atoms with Gasteiger partial charge in [0.25, 0.3) is 0 Å². The van der Waals surface area contributed by atoms with Gasteiger partial charge in [0.15, 0.2) is 4.80 Å². The minimum Gasteiger partial charge on any atom is -0.313 e. The van der Waals surface area contributed by atoms with Crippen molar-refractivity contribution in [2.75, 3.05) is 0 Å². The normalized spacial score (nSPS) is 15.0. The highest BCUT2D eigenvalue weighted by molar-refractivity contribution is 7.07. The predicted octanol–water partition coefficient (Wildman–Crippen LogP) is 5.54. The van der Waals surface area contributed by atoms with E-state index in [1.165, 1.54) is 36.1 Å². The standard InChI is InChI=1S/C20H19FN2S/c1-13-9-14(2)11-17(10-13)22-20-23(18-7-8-18)19(12-24-20)15-3-5-16(21)6-4-15/h3-6,9-12,18H,7-8H2,1-2H3. The van der Waals surface area contributed by atoms with E-state index >= 15 is 0 Å². The summed E-state index contributed by atoms with van der Waals surface area (Å²) in [4.78, 5) is 5.91. The first-order valence-corrected chi connectivity index (χ1v) is 9.07. The molecule has 2 aromatic carbocycles. The molecule has 1 fully saturated rings. The topological polar surface area (TPSA) is 17.3 Å². The van der Waals surface area contributed by atoms with E-state index in [4.69, 9.17) is 4.99 Å². The summed E-state index contributed by atoms with van der Waals surface area (Å²) in [6.45, 7) is 4.19. The SMILES string of the molecule is Cc1cc(C)cc(N=c2scc(-c3ccc(F)cc3)n2C2CC2)c1. The molecule has 4 rings (SSSR count). The summed E-state index contributed by atoms with van der Waals surface area (Å²) in [5.41, 5.74) is 5.62. The van der Waals surface area contributed by atoms with E-state index in [9.17, 15) is 4.39 Å². The van der Waals surface area contributed by atoms with Crippen molar-refractivity contribution in [2.24, 2.45) is 4.99 Å². The number of aryl methyl sites for hydroxylation is 2. The second-order valence-corrected chi connectivity index (χ2v) is 7.31. The maximum Gasteiger partial charge on any atom is 0.190 e. The molecule has 0 N–H and O–H groups in total. The van der Waals surface area contributed by atoms with E-state index in [2.05, 4.69) is 42.0 Å². The fourth-order valence-corrected chi connectivity index (χ4v) is 4.03. The second-order valence-electron chi connectivity index (χ2n) is 6.47. The average molecular weight is 338 g/mol. The van der Waals surface area contributed by atoms with Crippen LogP contribution < -0.4 is 4.80 Å². The Hall–Kier alpha value is -2.20. The summed E-state index contributed by atoms with van der Waals surface area (Å²) >= 11 is 1.65. The minimum absolute atomic E-state index is 0.202. The van der Waals surface area contributed by atoms with Gasteiger partial charge in [-0.25, -0.2) is 9.38 Å². The number of thiazole rings is 1. The zero-order valence-electron chi connectivity index (χ0n) is 13.8. The van der Waals surface area contributed by atoms with Crippen molar-refractivity contribution in [3.05, 3.63) is 69.6 Å². The molecular formula is C20H19FN2S. The van der Waals surface area contributed by atoms with Gasteiger partial charge in [-0.3, -0.25) is 0 Å². The van der Waals surface area contributed by atoms with Crippen molar-refractivity contribution in [2.45, 2.75) is 32.7 Å². The third-order valence-electron chi connectivity index (χ3n) is 4.22. The van der Waals surface area contributed by atoms with Crippen molar-refractivity contribution in [3.8, 4) is 11.3 Å². The van der Waals surface area contributed by atoms with Gasteiger partial charge in [-0.2, -0.15) is 0 Å². The number of hydrogen-bond acceptors (Lipinski definition) is 2. The fraction of sp³-hybridized carbons (Fsp3) is 0.250. The lowest BCUT2D eigenvalue weighted by atomic mass is 10.1. The molecule has 0 bridgehead atoms. The number of nitrogens with zero attached hydrogens (tertiary/aromatic N) is 2. The van der Waals surface area contributed by atoms with Crippen LogP contribution in [0.4, 0.5) is 10.1 Å². The van der Waals surface area contributed by atoms with Gasteiger partial charge < -0.3 is 4.57 Å². The van der Waals surface area contributed by atoms with Crippen molar-refractivity contribution in [1.82, 2.24) is 4.57 Å². The first-order valence-electron chi connectivity index (χ1n) is 8.19. The van der Waals surface area contributed by atoms with Gasteiger partial charge in [0.2, 0.25) is 0 Å². The Morgan fingerprint density at radius 1 is 1.04 bits per heavy atom. The molecule has 122 valence electrons. The first kappa shape index (κ1) is 15.3. The molecule has 0 saturated heterocycles. The molecule has 1 heterocycles. The molecule has 24 heavy (non-hydrogen) atoms. The Balaban J connectivity index is 1.85. The quantitative estimate of drug-likeness (QED) is 0.596. The van der Waals surface area contributed by atoms with Crippen molar-refractivity contribution in [1.29, 1.82) is 0 Å². The zero-order valence-corrected chi connectivity index (χ0v) is 14.6. The summed E-state index contributed by atoms with van der Waals surface area (Å²) in [6, 6.07) is 13.6. The second kappa shape index (κ2) is 6.02. The lowest BCUT2D eigenvalue weighted by molar-refractivity contribution is 0.628. The van der Waals surface area contributed by atoms with Crippen LogP contribution in [0.2, 0.25) is 0 Å². The molecule has 0 radical (unpaired) electrons. The lowest BCUT2D eigenvalue weighted by Crippen LogP contribution is -2.14. The molecule has 1 saturated carbocycles. The lowest BCUT2D eigenvalue weighted by Gasteiger charge is -2.08. The smallest absolute Gasteiger partial charge is 0.190 e. The predicted molar refractivity (Wildman–Crippen MR) is 97.1 cm³/mol. The number of rotatable bonds is 3. The third kappa shape index (κ3) is 3.06. The van der Waals surface area contributed by atoms with Gasteiger partial charge in [0, 0.05) is 11.4 Å². The maximum atomic E-state index is 13.2. The van der Waals surface area contributed by atoms with Crippen molar-refractivity contribution >= 4 is 17.0 Å². The Bertz CT molecular complexity index is 926. The number of benzene rings is 2. The molecule has 0 amide bonds. The number of halogens is 1. The molecule has 1 aromatic heterocycles.